The summed E-state index contributed by atoms with van der Waals surface area (Å²) >= 11 is 1.93. The zero-order valence-electron chi connectivity index (χ0n) is 19.8. The molecular formula is C23H43N3O3S. The largest absolute Gasteiger partial charge is 0.375 e. The number of thioether (sulfide) groups is 1. The molecule has 0 radical (unpaired) electrons. The maximum Gasteiger partial charge on any atom is 0.315 e. The van der Waals surface area contributed by atoms with E-state index in [0.717, 1.165) is 44.5 Å². The summed E-state index contributed by atoms with van der Waals surface area (Å²) in [5, 5.41) is 9.50. The van der Waals surface area contributed by atoms with Crippen LogP contribution in [-0.4, -0.2) is 53.8 Å². The normalized spacial score (nSPS) is 24.0. The number of nitrogens with one attached hydrogen (secondary N) is 3. The predicted octanol–water partition coefficient (Wildman–Crippen LogP) is 4.09. The van der Waals surface area contributed by atoms with Gasteiger partial charge in [-0.3, -0.25) is 4.79 Å². The third-order valence-corrected chi connectivity index (χ3v) is 8.44. The molecule has 3 N–H and O–H groups in total. The third-order valence-electron chi connectivity index (χ3n) is 6.93. The van der Waals surface area contributed by atoms with Crippen LogP contribution in [0.1, 0.15) is 80.1 Å². The lowest BCUT2D eigenvalue weighted by molar-refractivity contribution is -0.121. The van der Waals surface area contributed by atoms with Crippen molar-refractivity contribution in [3.05, 3.63) is 0 Å². The van der Waals surface area contributed by atoms with Gasteiger partial charge in [0.25, 0.3) is 0 Å². The van der Waals surface area contributed by atoms with Crippen LogP contribution in [0, 0.1) is 11.3 Å². The first-order valence-corrected chi connectivity index (χ1v) is 12.6. The van der Waals surface area contributed by atoms with Gasteiger partial charge >= 0.3 is 6.03 Å². The summed E-state index contributed by atoms with van der Waals surface area (Å²) in [6, 6.07) is 0.493. The minimum absolute atomic E-state index is 0.0368. The molecule has 174 valence electrons. The lowest BCUT2D eigenvalue weighted by atomic mass is 9.78. The molecular weight excluding hydrogens is 398 g/mol. The second kappa shape index (κ2) is 11.1. The minimum Gasteiger partial charge on any atom is -0.375 e. The van der Waals surface area contributed by atoms with Crippen molar-refractivity contribution < 1.29 is 14.3 Å². The number of unbranched alkanes of at least 4 members (excludes halogenated alkanes) is 1. The second-order valence-electron chi connectivity index (χ2n) is 10.5. The van der Waals surface area contributed by atoms with Gasteiger partial charge in [-0.1, -0.05) is 34.1 Å². The molecule has 2 unspecified atom stereocenters. The molecule has 2 saturated heterocycles. The highest BCUT2D eigenvalue weighted by Gasteiger charge is 2.42. The van der Waals surface area contributed by atoms with Crippen LogP contribution in [0.4, 0.5) is 4.79 Å². The number of hydrogen-bond donors (Lipinski definition) is 3. The van der Waals surface area contributed by atoms with Gasteiger partial charge in [0.05, 0.1) is 17.7 Å². The Morgan fingerprint density at radius 2 is 1.93 bits per heavy atom. The van der Waals surface area contributed by atoms with E-state index in [9.17, 15) is 9.59 Å². The Labute approximate surface area is 187 Å². The molecule has 2 aliphatic rings. The molecule has 3 amide bonds. The van der Waals surface area contributed by atoms with Crippen LogP contribution in [0.25, 0.3) is 0 Å². The van der Waals surface area contributed by atoms with E-state index in [0.29, 0.717) is 24.1 Å². The first kappa shape index (κ1) is 25.3. The zero-order valence-corrected chi connectivity index (χ0v) is 20.6. The van der Waals surface area contributed by atoms with Gasteiger partial charge < -0.3 is 20.7 Å². The van der Waals surface area contributed by atoms with Crippen molar-refractivity contribution in [2.24, 2.45) is 11.3 Å². The van der Waals surface area contributed by atoms with Crippen molar-refractivity contribution in [3.63, 3.8) is 0 Å². The van der Waals surface area contributed by atoms with Crippen LogP contribution in [-0.2, 0) is 9.53 Å². The molecule has 3 atom stereocenters. The molecule has 0 saturated carbocycles. The number of fused-ring (bicyclic) bond motifs is 1. The standard InChI is InChI=1S/C23H43N3O3S/c1-16(2)22(3,4)12-14-29-23(5,6)11-13-24-19(27)10-8-7-9-18-20-17(15-30-18)25-21(28)26-20/h16-18,20H,7-15H2,1-6H3,(H,24,27)(H2,25,26,28)/t17?,18-,20?/m0/s1. The number of rotatable bonds is 13. The average Bonchev–Trinajstić information content (AvgIpc) is 3.17. The van der Waals surface area contributed by atoms with Crippen molar-refractivity contribution in [1.29, 1.82) is 0 Å². The topological polar surface area (TPSA) is 79.5 Å². The van der Waals surface area contributed by atoms with Gasteiger partial charge in [0.15, 0.2) is 0 Å². The number of hydrogen-bond acceptors (Lipinski definition) is 4. The number of carbonyl (C=O) groups is 2. The fourth-order valence-corrected chi connectivity index (χ4v) is 5.36. The Hall–Kier alpha value is -0.950. The second-order valence-corrected chi connectivity index (χ2v) is 11.7. The smallest absolute Gasteiger partial charge is 0.315 e. The SMILES string of the molecule is CC(C)C(C)(C)CCOC(C)(C)CCNC(=O)CCCC[C@@H]1SCC2NC(=O)NC21. The van der Waals surface area contributed by atoms with Crippen molar-refractivity contribution in [3.8, 4) is 0 Å². The van der Waals surface area contributed by atoms with Crippen LogP contribution in [0.3, 0.4) is 0 Å². The number of amides is 3. The maximum absolute atomic E-state index is 12.1. The van der Waals surface area contributed by atoms with Gasteiger partial charge in [0, 0.05) is 30.6 Å². The summed E-state index contributed by atoms with van der Waals surface area (Å²) in [7, 11) is 0. The Morgan fingerprint density at radius 3 is 2.63 bits per heavy atom. The van der Waals surface area contributed by atoms with Crippen LogP contribution in [0.5, 0.6) is 0 Å². The molecule has 2 rings (SSSR count). The van der Waals surface area contributed by atoms with Crippen LogP contribution < -0.4 is 16.0 Å². The monoisotopic (exact) mass is 441 g/mol. The molecule has 0 spiro atoms. The molecule has 30 heavy (non-hydrogen) atoms. The van der Waals surface area contributed by atoms with Gasteiger partial charge in [-0.15, -0.1) is 0 Å². The summed E-state index contributed by atoms with van der Waals surface area (Å²) in [5.41, 5.74) is 0.0540. The molecule has 2 aliphatic heterocycles. The minimum atomic E-state index is -0.226. The molecule has 2 heterocycles. The zero-order chi connectivity index (χ0) is 22.4. The van der Waals surface area contributed by atoms with Crippen molar-refractivity contribution >= 4 is 23.7 Å². The first-order valence-electron chi connectivity index (χ1n) is 11.6. The summed E-state index contributed by atoms with van der Waals surface area (Å²) in [5.74, 6) is 1.74. The highest BCUT2D eigenvalue weighted by Crippen LogP contribution is 2.33. The molecule has 0 aromatic heterocycles. The fourth-order valence-electron chi connectivity index (χ4n) is 3.82. The molecule has 0 aliphatic carbocycles. The van der Waals surface area contributed by atoms with Crippen LogP contribution in [0.15, 0.2) is 0 Å². The number of urea groups is 1. The summed E-state index contributed by atoms with van der Waals surface area (Å²) < 4.78 is 6.11. The summed E-state index contributed by atoms with van der Waals surface area (Å²) in [4.78, 5) is 23.6. The molecule has 6 nitrogen and oxygen atoms in total. The van der Waals surface area contributed by atoms with E-state index in [2.05, 4.69) is 57.5 Å². The molecule has 2 fully saturated rings. The Bertz CT molecular complexity index is 580. The van der Waals surface area contributed by atoms with Crippen molar-refractivity contribution in [2.45, 2.75) is 103 Å². The summed E-state index contributed by atoms with van der Waals surface area (Å²) in [6.07, 6.45) is 5.39. The van der Waals surface area contributed by atoms with E-state index in [1.807, 2.05) is 11.8 Å². The van der Waals surface area contributed by atoms with Gasteiger partial charge in [-0.05, 0) is 50.9 Å². The highest BCUT2D eigenvalue weighted by atomic mass is 32.2. The van der Waals surface area contributed by atoms with Crippen LogP contribution in [0.2, 0.25) is 0 Å². The number of carbonyl (C=O) groups excluding carboxylic acids is 2. The predicted molar refractivity (Wildman–Crippen MR) is 125 cm³/mol. The van der Waals surface area contributed by atoms with E-state index in [4.69, 9.17) is 4.74 Å². The van der Waals surface area contributed by atoms with E-state index in [-0.39, 0.29) is 35.0 Å². The highest BCUT2D eigenvalue weighted by molar-refractivity contribution is 8.00. The average molecular weight is 442 g/mol. The van der Waals surface area contributed by atoms with Crippen molar-refractivity contribution in [1.82, 2.24) is 16.0 Å². The van der Waals surface area contributed by atoms with E-state index in [1.165, 1.54) is 0 Å². The van der Waals surface area contributed by atoms with Gasteiger partial charge in [0.1, 0.15) is 0 Å². The lowest BCUT2D eigenvalue weighted by Gasteiger charge is -2.32. The Kier molecular flexibility index (Phi) is 9.34. The Balaban J connectivity index is 1.52. The maximum atomic E-state index is 12.1. The van der Waals surface area contributed by atoms with Gasteiger partial charge in [-0.25, -0.2) is 4.79 Å². The molecule has 0 bridgehead atoms. The van der Waals surface area contributed by atoms with Crippen LogP contribution >= 0.6 is 11.8 Å². The molecule has 0 aromatic rings. The van der Waals surface area contributed by atoms with E-state index >= 15 is 0 Å². The lowest BCUT2D eigenvalue weighted by Crippen LogP contribution is -2.36. The van der Waals surface area contributed by atoms with Crippen molar-refractivity contribution in [2.75, 3.05) is 18.9 Å². The summed E-state index contributed by atoms with van der Waals surface area (Å²) in [6.45, 7) is 14.7. The fraction of sp³-hybridized carbons (Fsp3) is 0.913. The Morgan fingerprint density at radius 1 is 1.20 bits per heavy atom. The third kappa shape index (κ3) is 7.95. The quantitative estimate of drug-likeness (QED) is 0.297. The van der Waals surface area contributed by atoms with Gasteiger partial charge in [0.2, 0.25) is 5.91 Å². The van der Waals surface area contributed by atoms with Gasteiger partial charge in [-0.2, -0.15) is 11.8 Å². The molecule has 0 aromatic carbocycles. The first-order chi connectivity index (χ1) is 14.0. The van der Waals surface area contributed by atoms with E-state index < -0.39 is 0 Å². The number of ether oxygens (including phenoxy) is 1. The van der Waals surface area contributed by atoms with E-state index in [1.54, 1.807) is 0 Å². The molecule has 7 heteroatoms.